The van der Waals surface area contributed by atoms with Gasteiger partial charge in [-0.05, 0) is 121 Å². The van der Waals surface area contributed by atoms with E-state index in [1.165, 1.54) is 0 Å². The van der Waals surface area contributed by atoms with Gasteiger partial charge >= 0.3 is 0 Å². The van der Waals surface area contributed by atoms with Gasteiger partial charge in [-0.1, -0.05) is 6.92 Å². The monoisotopic (exact) mass is 673 g/mol. The van der Waals surface area contributed by atoms with Crippen LogP contribution in [0.4, 0.5) is 0 Å². The van der Waals surface area contributed by atoms with Crippen molar-refractivity contribution in [2.24, 2.45) is 23.5 Å². The van der Waals surface area contributed by atoms with Crippen molar-refractivity contribution in [2.75, 3.05) is 40.1 Å². The summed E-state index contributed by atoms with van der Waals surface area (Å²) < 4.78 is 24.8. The van der Waals surface area contributed by atoms with Gasteiger partial charge in [0, 0.05) is 19.7 Å². The molecule has 14 atom stereocenters. The fraction of sp³-hybridized carbons (Fsp3) is 1.00. The molecule has 4 aliphatic rings. The molecule has 2 saturated heterocycles. The third kappa shape index (κ3) is 13.0. The van der Waals surface area contributed by atoms with E-state index in [2.05, 4.69) is 22.9 Å². The van der Waals surface area contributed by atoms with Crippen LogP contribution in [0.1, 0.15) is 97.3 Å². The second kappa shape index (κ2) is 20.4. The Bertz CT molecular complexity index is 860. The summed E-state index contributed by atoms with van der Waals surface area (Å²) in [6, 6.07) is 0.211. The molecule has 12 nitrogen and oxygen atoms in total. The zero-order chi connectivity index (χ0) is 33.8. The molecule has 12 heteroatoms. The molecule has 0 radical (unpaired) electrons. The second-order valence-corrected chi connectivity index (χ2v) is 15.0. The molecular formula is C35H68N4O8. The normalized spacial score (nSPS) is 39.8. The molecular weight excluding hydrogens is 604 g/mol. The molecule has 2 aliphatic heterocycles. The van der Waals surface area contributed by atoms with Gasteiger partial charge in [0.1, 0.15) is 6.10 Å². The van der Waals surface area contributed by atoms with Crippen molar-refractivity contribution in [3.8, 4) is 0 Å². The molecule has 14 unspecified atom stereocenters. The largest absolute Gasteiger partial charge is 0.393 e. The Labute approximate surface area is 283 Å². The standard InChI is InChI=1S/C35H68N4O8/c1-4-38-26(8-5-24-11-12-39-34(36)14-24)20-45-33-16-25(15-32(44-3)35(33)43)30-18-27(41)17-28(47-30)9-6-23-7-10-29(42)31(13-23)46-21-37-19-22(2)40/h22-35,37-43H,4-21,36H2,1-3H3. The molecule has 0 bridgehead atoms. The molecule has 9 N–H and O–H groups in total. The highest BCUT2D eigenvalue weighted by molar-refractivity contribution is 4.94. The van der Waals surface area contributed by atoms with E-state index in [1.54, 1.807) is 14.0 Å². The van der Waals surface area contributed by atoms with Gasteiger partial charge in [-0.25, -0.2) is 0 Å². The predicted octanol–water partition coefficient (Wildman–Crippen LogP) is 1.36. The number of aliphatic hydroxyl groups is 4. The van der Waals surface area contributed by atoms with E-state index in [0.29, 0.717) is 63.8 Å². The first kappa shape index (κ1) is 39.3. The molecule has 0 spiro atoms. The van der Waals surface area contributed by atoms with Gasteiger partial charge in [-0.15, -0.1) is 0 Å². The van der Waals surface area contributed by atoms with Crippen LogP contribution in [0.25, 0.3) is 0 Å². The van der Waals surface area contributed by atoms with Gasteiger partial charge in [0.25, 0.3) is 0 Å². The number of methoxy groups -OCH3 is 1. The molecule has 0 amide bonds. The van der Waals surface area contributed by atoms with Gasteiger partial charge in [-0.2, -0.15) is 0 Å². The van der Waals surface area contributed by atoms with Crippen molar-refractivity contribution in [1.29, 1.82) is 0 Å². The lowest BCUT2D eigenvalue weighted by molar-refractivity contribution is -0.177. The minimum atomic E-state index is -0.704. The smallest absolute Gasteiger partial charge is 0.106 e. The van der Waals surface area contributed by atoms with Crippen molar-refractivity contribution in [2.45, 2.75) is 164 Å². The maximum absolute atomic E-state index is 11.2. The minimum Gasteiger partial charge on any atom is -0.393 e. The first-order chi connectivity index (χ1) is 22.6. The van der Waals surface area contributed by atoms with Crippen LogP contribution in [-0.2, 0) is 18.9 Å². The van der Waals surface area contributed by atoms with Crippen LogP contribution in [0.15, 0.2) is 0 Å². The lowest BCUT2D eigenvalue weighted by Gasteiger charge is -2.44. The third-order valence-corrected chi connectivity index (χ3v) is 11.1. The van der Waals surface area contributed by atoms with E-state index < -0.39 is 24.4 Å². The van der Waals surface area contributed by atoms with Crippen molar-refractivity contribution in [3.05, 3.63) is 0 Å². The van der Waals surface area contributed by atoms with Crippen LogP contribution < -0.4 is 21.7 Å². The summed E-state index contributed by atoms with van der Waals surface area (Å²) in [4.78, 5) is 0. The minimum absolute atomic E-state index is 0.0314. The van der Waals surface area contributed by atoms with E-state index in [0.717, 1.165) is 64.5 Å². The molecule has 0 aromatic heterocycles. The Morgan fingerprint density at radius 3 is 2.45 bits per heavy atom. The maximum Gasteiger partial charge on any atom is 0.106 e. The van der Waals surface area contributed by atoms with Crippen molar-refractivity contribution >= 4 is 0 Å². The van der Waals surface area contributed by atoms with Crippen molar-refractivity contribution in [1.82, 2.24) is 16.0 Å². The van der Waals surface area contributed by atoms with Crippen LogP contribution >= 0.6 is 0 Å². The SMILES string of the molecule is CCNC(CCC1CCNC(N)C1)COC1CC(C2CC(O)CC(CCC3CCC(O)C(OCNCC(C)O)C3)O2)CC(OC)C1O. The molecule has 0 aromatic carbocycles. The Morgan fingerprint density at radius 1 is 0.915 bits per heavy atom. The highest BCUT2D eigenvalue weighted by Crippen LogP contribution is 2.38. The van der Waals surface area contributed by atoms with Gasteiger partial charge in [0.05, 0.1) is 68.3 Å². The molecule has 2 heterocycles. The van der Waals surface area contributed by atoms with Gasteiger partial charge in [0.15, 0.2) is 0 Å². The molecule has 0 aromatic rings. The summed E-state index contributed by atoms with van der Waals surface area (Å²) in [5.74, 6) is 1.18. The summed E-state index contributed by atoms with van der Waals surface area (Å²) in [7, 11) is 1.65. The van der Waals surface area contributed by atoms with E-state index >= 15 is 0 Å². The van der Waals surface area contributed by atoms with E-state index in [1.807, 2.05) is 0 Å². The number of nitrogens with two attached hydrogens (primary N) is 1. The summed E-state index contributed by atoms with van der Waals surface area (Å²) in [6.07, 6.45) is 8.14. The van der Waals surface area contributed by atoms with E-state index in [9.17, 15) is 20.4 Å². The van der Waals surface area contributed by atoms with Crippen LogP contribution in [0, 0.1) is 17.8 Å². The highest BCUT2D eigenvalue weighted by Gasteiger charge is 2.44. The molecule has 4 rings (SSSR count). The number of nitrogens with one attached hydrogen (secondary N) is 3. The Morgan fingerprint density at radius 2 is 1.70 bits per heavy atom. The number of hydrogen-bond donors (Lipinski definition) is 8. The van der Waals surface area contributed by atoms with Crippen molar-refractivity contribution in [3.63, 3.8) is 0 Å². The van der Waals surface area contributed by atoms with Gasteiger partial charge in [-0.3, -0.25) is 5.32 Å². The van der Waals surface area contributed by atoms with Crippen LogP contribution in [0.5, 0.6) is 0 Å². The predicted molar refractivity (Wildman–Crippen MR) is 181 cm³/mol. The highest BCUT2D eigenvalue weighted by atomic mass is 16.5. The van der Waals surface area contributed by atoms with Gasteiger partial charge < -0.3 is 55.7 Å². The lowest BCUT2D eigenvalue weighted by Crippen LogP contribution is -2.52. The average molecular weight is 673 g/mol. The fourth-order valence-corrected chi connectivity index (χ4v) is 8.43. The molecule has 4 fully saturated rings. The first-order valence-corrected chi connectivity index (χ1v) is 18.7. The number of ether oxygens (including phenoxy) is 4. The number of piperidine rings is 1. The second-order valence-electron chi connectivity index (χ2n) is 15.0. The molecule has 2 aliphatic carbocycles. The number of likely N-dealkylation sites (N-methyl/N-ethyl adjacent to an activating group) is 1. The average Bonchev–Trinajstić information content (AvgIpc) is 3.04. The van der Waals surface area contributed by atoms with Gasteiger partial charge in [0.2, 0.25) is 0 Å². The van der Waals surface area contributed by atoms with Crippen LogP contribution in [-0.4, -0.2) is 128 Å². The third-order valence-electron chi connectivity index (χ3n) is 11.1. The first-order valence-electron chi connectivity index (χ1n) is 18.7. The summed E-state index contributed by atoms with van der Waals surface area (Å²) in [6.45, 7) is 6.98. The summed E-state index contributed by atoms with van der Waals surface area (Å²) >= 11 is 0. The quantitative estimate of drug-likeness (QED) is 0.0776. The number of hydrogen-bond acceptors (Lipinski definition) is 12. The Kier molecular flexibility index (Phi) is 17.1. The maximum atomic E-state index is 11.2. The van der Waals surface area contributed by atoms with Crippen LogP contribution in [0.3, 0.4) is 0 Å². The summed E-state index contributed by atoms with van der Waals surface area (Å²) in [5, 5.41) is 52.0. The van der Waals surface area contributed by atoms with E-state index in [-0.39, 0.29) is 48.6 Å². The van der Waals surface area contributed by atoms with E-state index in [4.69, 9.17) is 24.7 Å². The summed E-state index contributed by atoms with van der Waals surface area (Å²) in [5.41, 5.74) is 6.13. The molecule has 47 heavy (non-hydrogen) atoms. The topological polar surface area (TPSA) is 180 Å². The van der Waals surface area contributed by atoms with Crippen molar-refractivity contribution < 1.29 is 39.4 Å². The molecule has 276 valence electrons. The fourth-order valence-electron chi connectivity index (χ4n) is 8.43. The van der Waals surface area contributed by atoms with Crippen LogP contribution in [0.2, 0.25) is 0 Å². The molecule has 2 saturated carbocycles. The lowest BCUT2D eigenvalue weighted by atomic mass is 9.77. The zero-order valence-corrected chi connectivity index (χ0v) is 29.3. The Balaban J connectivity index is 1.26. The number of rotatable bonds is 18. The number of aliphatic hydroxyl groups excluding tert-OH is 4. The Hall–Kier alpha value is -0.480. The zero-order valence-electron chi connectivity index (χ0n) is 29.3.